The number of carbonyl (C=O) groups excluding carboxylic acids is 1. The van der Waals surface area contributed by atoms with Gasteiger partial charge in [-0.1, -0.05) is 11.6 Å². The number of benzene rings is 1. The van der Waals surface area contributed by atoms with Crippen LogP contribution in [-0.4, -0.2) is 23.5 Å². The highest BCUT2D eigenvalue weighted by molar-refractivity contribution is 6.34. The Labute approximate surface area is 96.4 Å². The van der Waals surface area contributed by atoms with Crippen LogP contribution >= 0.6 is 11.6 Å². The number of fused-ring (bicyclic) bond motifs is 1. The van der Waals surface area contributed by atoms with E-state index in [4.69, 9.17) is 16.7 Å². The van der Waals surface area contributed by atoms with E-state index in [1.807, 2.05) is 0 Å². The van der Waals surface area contributed by atoms with Crippen LogP contribution in [0.3, 0.4) is 0 Å². The molecule has 0 saturated heterocycles. The van der Waals surface area contributed by atoms with Crippen molar-refractivity contribution in [2.45, 2.75) is 6.42 Å². The van der Waals surface area contributed by atoms with E-state index in [9.17, 15) is 9.59 Å². The van der Waals surface area contributed by atoms with E-state index in [1.54, 1.807) is 0 Å². The number of rotatable bonds is 1. The summed E-state index contributed by atoms with van der Waals surface area (Å²) in [5, 5.41) is 14.7. The van der Waals surface area contributed by atoms with Gasteiger partial charge in [-0.15, -0.1) is 0 Å². The van der Waals surface area contributed by atoms with Crippen LogP contribution in [0.1, 0.15) is 16.8 Å². The number of carbonyl (C=O) groups is 2. The Hall–Kier alpha value is -1.75. The van der Waals surface area contributed by atoms with Crippen LogP contribution in [0.5, 0.6) is 0 Å². The third-order valence-corrected chi connectivity index (χ3v) is 2.56. The summed E-state index contributed by atoms with van der Waals surface area (Å²) >= 11 is 5.93. The van der Waals surface area contributed by atoms with Crippen LogP contribution in [0.15, 0.2) is 12.1 Å². The molecule has 1 amide bonds. The summed E-state index contributed by atoms with van der Waals surface area (Å²) in [6, 6.07) is 2.74. The predicted octanol–water partition coefficient (Wildman–Crippen LogP) is 1.79. The van der Waals surface area contributed by atoms with E-state index >= 15 is 0 Å². The Morgan fingerprint density at radius 2 is 2.19 bits per heavy atom. The molecule has 1 aliphatic heterocycles. The van der Waals surface area contributed by atoms with Gasteiger partial charge >= 0.3 is 5.97 Å². The fourth-order valence-electron chi connectivity index (χ4n) is 1.52. The highest BCUT2D eigenvalue weighted by Gasteiger charge is 2.17. The normalized spacial score (nSPS) is 14.4. The average molecular weight is 241 g/mol. The van der Waals surface area contributed by atoms with Gasteiger partial charge in [-0.25, -0.2) is 4.79 Å². The van der Waals surface area contributed by atoms with Crippen LogP contribution in [-0.2, 0) is 4.79 Å². The van der Waals surface area contributed by atoms with E-state index < -0.39 is 5.97 Å². The second-order valence-electron chi connectivity index (χ2n) is 3.41. The van der Waals surface area contributed by atoms with Crippen LogP contribution in [0.2, 0.25) is 5.02 Å². The Morgan fingerprint density at radius 1 is 1.44 bits per heavy atom. The van der Waals surface area contributed by atoms with Gasteiger partial charge in [0.15, 0.2) is 0 Å². The minimum atomic E-state index is -1.08. The first-order valence-corrected chi connectivity index (χ1v) is 5.06. The molecule has 0 fully saturated rings. The smallest absolute Gasteiger partial charge is 0.335 e. The number of anilines is 2. The van der Waals surface area contributed by atoms with Gasteiger partial charge in [0.2, 0.25) is 5.91 Å². The first-order valence-electron chi connectivity index (χ1n) is 4.68. The van der Waals surface area contributed by atoms with Crippen LogP contribution < -0.4 is 10.6 Å². The lowest BCUT2D eigenvalue weighted by Crippen LogP contribution is -2.11. The molecule has 84 valence electrons. The molecule has 1 aromatic carbocycles. The molecule has 1 aromatic rings. The highest BCUT2D eigenvalue weighted by atomic mass is 35.5. The highest BCUT2D eigenvalue weighted by Crippen LogP contribution is 2.33. The van der Waals surface area contributed by atoms with Crippen molar-refractivity contribution >= 4 is 34.9 Å². The molecule has 0 spiro atoms. The van der Waals surface area contributed by atoms with Gasteiger partial charge in [0, 0.05) is 13.0 Å². The second kappa shape index (κ2) is 4.02. The van der Waals surface area contributed by atoms with E-state index in [0.717, 1.165) is 0 Å². The summed E-state index contributed by atoms with van der Waals surface area (Å²) in [6.45, 7) is 0.477. The van der Waals surface area contributed by atoms with Gasteiger partial charge in [-0.05, 0) is 12.1 Å². The van der Waals surface area contributed by atoms with Gasteiger partial charge in [-0.3, -0.25) is 4.79 Å². The number of aromatic carboxylic acids is 1. The lowest BCUT2D eigenvalue weighted by molar-refractivity contribution is -0.115. The number of carboxylic acids is 1. The molecule has 0 saturated carbocycles. The Kier molecular flexibility index (Phi) is 2.70. The Bertz CT molecular complexity index is 473. The summed E-state index contributed by atoms with van der Waals surface area (Å²) in [5.74, 6) is -1.24. The number of hydrogen-bond donors (Lipinski definition) is 3. The summed E-state index contributed by atoms with van der Waals surface area (Å²) < 4.78 is 0. The van der Waals surface area contributed by atoms with E-state index in [0.29, 0.717) is 24.3 Å². The molecule has 0 aliphatic carbocycles. The zero-order valence-electron chi connectivity index (χ0n) is 8.21. The SMILES string of the molecule is O=C1CCNc2c(Cl)cc(C(=O)O)cc2N1. The summed E-state index contributed by atoms with van der Waals surface area (Å²) in [6.07, 6.45) is 0.327. The van der Waals surface area contributed by atoms with E-state index in [2.05, 4.69) is 10.6 Å². The third kappa shape index (κ3) is 1.94. The molecule has 2 rings (SSSR count). The quantitative estimate of drug-likeness (QED) is 0.699. The molecule has 1 aliphatic rings. The van der Waals surface area contributed by atoms with Crippen molar-refractivity contribution in [3.05, 3.63) is 22.7 Å². The van der Waals surface area contributed by atoms with Gasteiger partial charge in [-0.2, -0.15) is 0 Å². The molecular formula is C10H9ClN2O3. The number of nitrogens with one attached hydrogen (secondary N) is 2. The van der Waals surface area contributed by atoms with E-state index in [1.165, 1.54) is 12.1 Å². The molecule has 16 heavy (non-hydrogen) atoms. The molecular weight excluding hydrogens is 232 g/mol. The molecule has 1 heterocycles. The average Bonchev–Trinajstić information content (AvgIpc) is 2.38. The first kappa shape index (κ1) is 10.8. The van der Waals surface area contributed by atoms with Crippen LogP contribution in [0.4, 0.5) is 11.4 Å². The third-order valence-electron chi connectivity index (χ3n) is 2.27. The molecule has 0 bridgehead atoms. The molecule has 0 aromatic heterocycles. The van der Waals surface area contributed by atoms with Gasteiger partial charge < -0.3 is 15.7 Å². The predicted molar refractivity (Wildman–Crippen MR) is 60.1 cm³/mol. The van der Waals surface area contributed by atoms with Crippen molar-refractivity contribution in [1.82, 2.24) is 0 Å². The molecule has 3 N–H and O–H groups in total. The molecule has 0 radical (unpaired) electrons. The monoisotopic (exact) mass is 240 g/mol. The summed E-state index contributed by atoms with van der Waals surface area (Å²) in [4.78, 5) is 22.1. The molecule has 6 heteroatoms. The zero-order valence-corrected chi connectivity index (χ0v) is 8.97. The number of halogens is 1. The Balaban J connectivity index is 2.52. The number of amides is 1. The second-order valence-corrected chi connectivity index (χ2v) is 3.82. The van der Waals surface area contributed by atoms with Crippen molar-refractivity contribution in [3.8, 4) is 0 Å². The topological polar surface area (TPSA) is 78.4 Å². The number of hydrogen-bond acceptors (Lipinski definition) is 3. The zero-order chi connectivity index (χ0) is 11.7. The minimum absolute atomic E-state index is 0.0488. The van der Waals surface area contributed by atoms with Gasteiger partial charge in [0.1, 0.15) is 0 Å². The standard InChI is InChI=1S/C10H9ClN2O3/c11-6-3-5(10(15)16)4-7-9(6)12-2-1-8(14)13-7/h3-4,12H,1-2H2,(H,13,14)(H,15,16). The van der Waals surface area contributed by atoms with Gasteiger partial charge in [0.05, 0.1) is 22.0 Å². The summed E-state index contributed by atoms with van der Waals surface area (Å²) in [5.41, 5.74) is 1.03. The Morgan fingerprint density at radius 3 is 2.88 bits per heavy atom. The van der Waals surface area contributed by atoms with Crippen molar-refractivity contribution in [2.75, 3.05) is 17.2 Å². The molecule has 0 atom stereocenters. The maximum atomic E-state index is 11.3. The fraction of sp³-hybridized carbons (Fsp3) is 0.200. The number of carboxylic acid groups (broad SMARTS) is 1. The summed E-state index contributed by atoms with van der Waals surface area (Å²) in [7, 11) is 0. The lowest BCUT2D eigenvalue weighted by Gasteiger charge is -2.10. The fourth-order valence-corrected chi connectivity index (χ4v) is 1.81. The molecule has 0 unspecified atom stereocenters. The first-order chi connectivity index (χ1) is 7.58. The minimum Gasteiger partial charge on any atom is -0.478 e. The maximum absolute atomic E-state index is 11.3. The van der Waals surface area contributed by atoms with Gasteiger partial charge in [0.25, 0.3) is 0 Å². The van der Waals surface area contributed by atoms with E-state index in [-0.39, 0.29) is 16.5 Å². The van der Waals surface area contributed by atoms with Crippen molar-refractivity contribution in [3.63, 3.8) is 0 Å². The van der Waals surface area contributed by atoms with Crippen molar-refractivity contribution in [2.24, 2.45) is 0 Å². The lowest BCUT2D eigenvalue weighted by atomic mass is 10.1. The van der Waals surface area contributed by atoms with Crippen LogP contribution in [0.25, 0.3) is 0 Å². The molecule has 5 nitrogen and oxygen atoms in total. The van der Waals surface area contributed by atoms with Crippen molar-refractivity contribution < 1.29 is 14.7 Å². The van der Waals surface area contributed by atoms with Crippen LogP contribution in [0, 0.1) is 0 Å². The maximum Gasteiger partial charge on any atom is 0.335 e. The van der Waals surface area contributed by atoms with Crippen molar-refractivity contribution in [1.29, 1.82) is 0 Å². The largest absolute Gasteiger partial charge is 0.478 e.